The van der Waals surface area contributed by atoms with E-state index in [1.165, 1.54) is 0 Å². The van der Waals surface area contributed by atoms with Crippen molar-refractivity contribution in [3.8, 4) is 6.07 Å². The topological polar surface area (TPSA) is 115 Å². The molecule has 0 aromatic rings. The molecule has 0 radical (unpaired) electrons. The predicted octanol–water partition coefficient (Wildman–Crippen LogP) is -1.15. The van der Waals surface area contributed by atoms with Crippen molar-refractivity contribution in [3.05, 3.63) is 0 Å². The van der Waals surface area contributed by atoms with Gasteiger partial charge in [0.15, 0.2) is 6.23 Å². The van der Waals surface area contributed by atoms with Crippen LogP contribution in [0, 0.1) is 23.2 Å². The first-order valence-electron chi connectivity index (χ1n) is 4.24. The molecule has 3 unspecified atom stereocenters. The molecule has 80 valence electrons. The minimum absolute atomic E-state index is 0.0318. The summed E-state index contributed by atoms with van der Waals surface area (Å²) in [7, 11) is 0. The van der Waals surface area contributed by atoms with Gasteiger partial charge in [0.2, 0.25) is 0 Å². The first-order chi connectivity index (χ1) is 7.04. The van der Waals surface area contributed by atoms with Gasteiger partial charge in [-0.3, -0.25) is 4.79 Å². The number of carbonyl (C=O) groups is 1. The molecule has 1 aliphatic rings. The lowest BCUT2D eigenvalue weighted by Gasteiger charge is -2.35. The van der Waals surface area contributed by atoms with E-state index in [9.17, 15) is 9.90 Å². The van der Waals surface area contributed by atoms with E-state index in [2.05, 4.69) is 16.9 Å². The van der Waals surface area contributed by atoms with Crippen molar-refractivity contribution in [2.24, 2.45) is 27.9 Å². The maximum Gasteiger partial charge on any atom is 0.286 e. The monoisotopic (exact) mass is 209 g/mol. The fourth-order valence-electron chi connectivity index (χ4n) is 1.44. The molecule has 3 N–H and O–H groups in total. The highest BCUT2D eigenvalue weighted by molar-refractivity contribution is 6.40. The van der Waals surface area contributed by atoms with E-state index in [-0.39, 0.29) is 5.71 Å². The van der Waals surface area contributed by atoms with Crippen LogP contribution in [0.15, 0.2) is 10.2 Å². The molecule has 7 nitrogen and oxygen atoms in total. The molecule has 0 saturated carbocycles. The minimum Gasteiger partial charge on any atom is -0.371 e. The summed E-state index contributed by atoms with van der Waals surface area (Å²) >= 11 is 0. The quantitative estimate of drug-likeness (QED) is 0.245. The summed E-state index contributed by atoms with van der Waals surface area (Å²) in [6.07, 6.45) is -1.32. The molecule has 0 aliphatic carbocycles. The van der Waals surface area contributed by atoms with Crippen LogP contribution in [0.5, 0.6) is 0 Å². The Morgan fingerprint density at radius 3 is 2.80 bits per heavy atom. The number of rotatable bonds is 1. The van der Waals surface area contributed by atoms with Crippen molar-refractivity contribution < 1.29 is 9.90 Å². The maximum atomic E-state index is 11.5. The van der Waals surface area contributed by atoms with Crippen LogP contribution in [0.1, 0.15) is 6.92 Å². The minimum atomic E-state index is -1.32. The van der Waals surface area contributed by atoms with Gasteiger partial charge in [0.25, 0.3) is 5.91 Å². The van der Waals surface area contributed by atoms with E-state index in [0.717, 1.165) is 0 Å². The Balaban J connectivity index is 3.13. The van der Waals surface area contributed by atoms with Gasteiger partial charge < -0.3 is 5.11 Å². The van der Waals surface area contributed by atoms with Gasteiger partial charge in [-0.2, -0.15) is 15.5 Å². The summed E-state index contributed by atoms with van der Waals surface area (Å²) in [5, 5.41) is 25.7. The Labute approximate surface area is 86.5 Å². The fourth-order valence-corrected chi connectivity index (χ4v) is 1.44. The van der Waals surface area contributed by atoms with Crippen molar-refractivity contribution in [2.45, 2.75) is 13.2 Å². The zero-order chi connectivity index (χ0) is 11.6. The number of amides is 1. The second kappa shape index (κ2) is 4.16. The summed E-state index contributed by atoms with van der Waals surface area (Å²) in [5.74, 6) is 3.33. The van der Waals surface area contributed by atoms with Crippen LogP contribution in [0.3, 0.4) is 0 Å². The van der Waals surface area contributed by atoms with Gasteiger partial charge in [-0.05, 0) is 0 Å². The highest BCUT2D eigenvalue weighted by Crippen LogP contribution is 2.24. The predicted molar refractivity (Wildman–Crippen MR) is 52.3 cm³/mol. The number of hydrazine groups is 1. The average Bonchev–Trinajstić information content (AvgIpc) is 2.22. The number of aliphatic hydroxyl groups excluding tert-OH is 1. The zero-order valence-electron chi connectivity index (χ0n) is 8.16. The molecule has 15 heavy (non-hydrogen) atoms. The molecule has 0 spiro atoms. The normalized spacial score (nSPS) is 34.0. The average molecular weight is 209 g/mol. The van der Waals surface area contributed by atoms with Crippen molar-refractivity contribution in [1.29, 1.82) is 5.26 Å². The Morgan fingerprint density at radius 1 is 1.73 bits per heavy atom. The highest BCUT2D eigenvalue weighted by atomic mass is 16.3. The second-order valence-electron chi connectivity index (χ2n) is 3.20. The number of hydrogen-bond donors (Lipinski definition) is 2. The second-order valence-corrected chi connectivity index (χ2v) is 3.20. The molecule has 1 rings (SSSR count). The van der Waals surface area contributed by atoms with Crippen LogP contribution in [0.4, 0.5) is 0 Å². The summed E-state index contributed by atoms with van der Waals surface area (Å²) in [6.45, 7) is 4.73. The number of nitrogens with two attached hydrogens (primary N) is 1. The molecular weight excluding hydrogens is 198 g/mol. The van der Waals surface area contributed by atoms with Gasteiger partial charge in [-0.1, -0.05) is 6.92 Å². The van der Waals surface area contributed by atoms with Crippen LogP contribution < -0.4 is 5.84 Å². The van der Waals surface area contributed by atoms with E-state index in [1.54, 1.807) is 6.92 Å². The molecule has 7 heteroatoms. The third-order valence-corrected chi connectivity index (χ3v) is 2.36. The van der Waals surface area contributed by atoms with Crippen molar-refractivity contribution in [1.82, 2.24) is 5.01 Å². The van der Waals surface area contributed by atoms with Gasteiger partial charge in [0, 0.05) is 12.6 Å². The lowest BCUT2D eigenvalue weighted by molar-refractivity contribution is -0.141. The standard InChI is InChI=1S/C8H11N5O2/c1-4-5(3-9)7(14)13(10)8(15)6(4)12-11-2/h4-5,7,14H,2,10H2,1H3/b12-6+. The number of aliphatic hydroxyl groups is 1. The number of carbonyl (C=O) groups excluding carboxylic acids is 1. The number of nitrogens with zero attached hydrogens (tertiary/aromatic N) is 4. The van der Waals surface area contributed by atoms with Crippen LogP contribution in [-0.2, 0) is 4.79 Å². The lowest BCUT2D eigenvalue weighted by Crippen LogP contribution is -2.59. The van der Waals surface area contributed by atoms with E-state index in [4.69, 9.17) is 11.1 Å². The van der Waals surface area contributed by atoms with E-state index >= 15 is 0 Å². The fraction of sp³-hybridized carbons (Fsp3) is 0.500. The molecule has 1 amide bonds. The van der Waals surface area contributed by atoms with Crippen LogP contribution in [0.2, 0.25) is 0 Å². The Morgan fingerprint density at radius 2 is 2.33 bits per heavy atom. The molecule has 0 aromatic carbocycles. The molecule has 1 saturated heterocycles. The molecule has 3 atom stereocenters. The van der Waals surface area contributed by atoms with Gasteiger partial charge >= 0.3 is 0 Å². The third-order valence-electron chi connectivity index (χ3n) is 2.36. The van der Waals surface area contributed by atoms with Gasteiger partial charge in [0.1, 0.15) is 11.6 Å². The maximum absolute atomic E-state index is 11.5. The van der Waals surface area contributed by atoms with Crippen molar-refractivity contribution in [3.63, 3.8) is 0 Å². The van der Waals surface area contributed by atoms with Crippen molar-refractivity contribution in [2.75, 3.05) is 0 Å². The SMILES string of the molecule is C=N/N=C1/C(=O)N(N)C(O)C(C#N)C1C. The number of hydrogen-bond acceptors (Lipinski definition) is 6. The number of nitriles is 1. The number of piperidine rings is 1. The van der Waals surface area contributed by atoms with E-state index < -0.39 is 24.0 Å². The van der Waals surface area contributed by atoms with Crippen molar-refractivity contribution >= 4 is 18.3 Å². The first-order valence-corrected chi connectivity index (χ1v) is 4.24. The van der Waals surface area contributed by atoms with Crippen LogP contribution in [0.25, 0.3) is 0 Å². The summed E-state index contributed by atoms with van der Waals surface area (Å²) in [6, 6.07) is 1.88. The largest absolute Gasteiger partial charge is 0.371 e. The molecule has 0 bridgehead atoms. The lowest BCUT2D eigenvalue weighted by atomic mass is 9.85. The summed E-state index contributed by atoms with van der Waals surface area (Å²) in [5.41, 5.74) is 0.0318. The summed E-state index contributed by atoms with van der Waals surface area (Å²) in [4.78, 5) is 11.5. The van der Waals surface area contributed by atoms with Crippen LogP contribution >= 0.6 is 0 Å². The smallest absolute Gasteiger partial charge is 0.286 e. The van der Waals surface area contributed by atoms with E-state index in [1.807, 2.05) is 6.07 Å². The van der Waals surface area contributed by atoms with Gasteiger partial charge in [0.05, 0.1) is 6.07 Å². The molecule has 1 fully saturated rings. The highest BCUT2D eigenvalue weighted by Gasteiger charge is 2.43. The Bertz CT molecular complexity index is 359. The molecule has 1 aliphatic heterocycles. The Kier molecular flexibility index (Phi) is 3.14. The molecule has 0 aromatic heterocycles. The first kappa shape index (κ1) is 11.3. The Hall–Kier alpha value is -1.78. The van der Waals surface area contributed by atoms with Gasteiger partial charge in [-0.25, -0.2) is 10.9 Å². The molecule has 1 heterocycles. The third kappa shape index (κ3) is 1.72. The molecular formula is C8H11N5O2. The van der Waals surface area contributed by atoms with E-state index in [0.29, 0.717) is 5.01 Å². The van der Waals surface area contributed by atoms with Gasteiger partial charge in [-0.15, -0.1) is 0 Å². The summed E-state index contributed by atoms with van der Waals surface area (Å²) < 4.78 is 0. The zero-order valence-corrected chi connectivity index (χ0v) is 8.16. The van der Waals surface area contributed by atoms with Crippen LogP contribution in [-0.4, -0.2) is 34.7 Å².